The minimum absolute atomic E-state index is 0.0419. The summed E-state index contributed by atoms with van der Waals surface area (Å²) in [7, 11) is 0. The van der Waals surface area contributed by atoms with E-state index in [1.54, 1.807) is 23.1 Å². The van der Waals surface area contributed by atoms with Gasteiger partial charge in [-0.05, 0) is 44.1 Å². The monoisotopic (exact) mass is 274 g/mol. The fourth-order valence-electron chi connectivity index (χ4n) is 2.79. The second-order valence-corrected chi connectivity index (χ2v) is 5.23. The summed E-state index contributed by atoms with van der Waals surface area (Å²) in [6, 6.07) is 5.19. The van der Waals surface area contributed by atoms with Crippen LogP contribution in [0.1, 0.15) is 23.2 Å². The van der Waals surface area contributed by atoms with Gasteiger partial charge in [-0.15, -0.1) is 0 Å². The second kappa shape index (κ2) is 5.63. The number of hydrogen-bond donors (Lipinski definition) is 0. The summed E-state index contributed by atoms with van der Waals surface area (Å²) in [5, 5.41) is 0. The zero-order valence-electron chi connectivity index (χ0n) is 11.4. The van der Waals surface area contributed by atoms with Crippen molar-refractivity contribution in [1.29, 1.82) is 0 Å². The molecule has 1 saturated heterocycles. The third kappa shape index (κ3) is 2.54. The number of carbonyl (C=O) groups is 2. The van der Waals surface area contributed by atoms with Crippen LogP contribution < -0.4 is 9.64 Å². The molecule has 0 saturated carbocycles. The fraction of sp³-hybridized carbons (Fsp3) is 0.467. The van der Waals surface area contributed by atoms with Crippen LogP contribution in [-0.4, -0.2) is 49.9 Å². The lowest BCUT2D eigenvalue weighted by Crippen LogP contribution is -2.43. The zero-order chi connectivity index (χ0) is 13.9. The molecule has 5 heteroatoms. The number of benzene rings is 1. The molecule has 0 atom stereocenters. The number of carbonyl (C=O) groups excluding carboxylic acids is 2. The molecule has 0 radical (unpaired) electrons. The highest BCUT2D eigenvalue weighted by Crippen LogP contribution is 2.32. The first-order valence-corrected chi connectivity index (χ1v) is 7.03. The molecule has 2 aliphatic rings. The van der Waals surface area contributed by atoms with Crippen molar-refractivity contribution in [1.82, 2.24) is 4.90 Å². The summed E-state index contributed by atoms with van der Waals surface area (Å²) in [5.74, 6) is 0.636. The molecule has 20 heavy (non-hydrogen) atoms. The van der Waals surface area contributed by atoms with Gasteiger partial charge in [0.15, 0.2) is 6.61 Å². The Balaban J connectivity index is 1.78. The van der Waals surface area contributed by atoms with Crippen molar-refractivity contribution in [2.75, 3.05) is 37.7 Å². The second-order valence-electron chi connectivity index (χ2n) is 5.23. The van der Waals surface area contributed by atoms with Crippen molar-refractivity contribution < 1.29 is 14.3 Å². The van der Waals surface area contributed by atoms with Gasteiger partial charge in [0, 0.05) is 18.7 Å². The average molecular weight is 274 g/mol. The van der Waals surface area contributed by atoms with Crippen LogP contribution in [0.2, 0.25) is 0 Å². The standard InChI is InChI=1S/C15H18N2O3/c18-10-12-3-4-14-13(9-12)17(15(19)11-20-14)8-7-16-5-1-2-6-16/h3-4,9-10H,1-2,5-8,11H2. The van der Waals surface area contributed by atoms with E-state index in [4.69, 9.17) is 4.74 Å². The predicted octanol–water partition coefficient (Wildman–Crippen LogP) is 1.32. The molecule has 0 unspecified atom stereocenters. The first-order valence-electron chi connectivity index (χ1n) is 7.03. The van der Waals surface area contributed by atoms with Gasteiger partial charge in [0.1, 0.15) is 12.0 Å². The molecule has 1 amide bonds. The largest absolute Gasteiger partial charge is 0.482 e. The van der Waals surface area contributed by atoms with Gasteiger partial charge in [0.05, 0.1) is 5.69 Å². The molecule has 0 bridgehead atoms. The molecule has 1 aromatic rings. The lowest BCUT2D eigenvalue weighted by Gasteiger charge is -2.31. The number of ether oxygens (including phenoxy) is 1. The van der Waals surface area contributed by atoms with Crippen molar-refractivity contribution in [2.24, 2.45) is 0 Å². The molecule has 0 aromatic heterocycles. The van der Waals surface area contributed by atoms with E-state index in [9.17, 15) is 9.59 Å². The van der Waals surface area contributed by atoms with Gasteiger partial charge in [0.2, 0.25) is 0 Å². The van der Waals surface area contributed by atoms with Gasteiger partial charge in [-0.1, -0.05) is 0 Å². The average Bonchev–Trinajstić information content (AvgIpc) is 2.99. The fourth-order valence-corrected chi connectivity index (χ4v) is 2.79. The van der Waals surface area contributed by atoms with Crippen LogP contribution in [0.4, 0.5) is 5.69 Å². The van der Waals surface area contributed by atoms with Crippen LogP contribution in [0, 0.1) is 0 Å². The van der Waals surface area contributed by atoms with Crippen molar-refractivity contribution in [3.8, 4) is 5.75 Å². The van der Waals surface area contributed by atoms with E-state index in [0.717, 1.165) is 25.9 Å². The molecule has 0 aliphatic carbocycles. The van der Waals surface area contributed by atoms with E-state index in [2.05, 4.69) is 4.90 Å². The summed E-state index contributed by atoms with van der Waals surface area (Å²) >= 11 is 0. The summed E-state index contributed by atoms with van der Waals surface area (Å²) in [5.41, 5.74) is 1.28. The van der Waals surface area contributed by atoms with E-state index in [0.29, 0.717) is 23.5 Å². The van der Waals surface area contributed by atoms with Crippen molar-refractivity contribution in [3.63, 3.8) is 0 Å². The number of fused-ring (bicyclic) bond motifs is 1. The van der Waals surface area contributed by atoms with Crippen LogP contribution in [0.5, 0.6) is 5.75 Å². The van der Waals surface area contributed by atoms with Gasteiger partial charge in [-0.2, -0.15) is 0 Å². The summed E-state index contributed by atoms with van der Waals surface area (Å²) in [4.78, 5) is 27.1. The number of nitrogens with zero attached hydrogens (tertiary/aromatic N) is 2. The predicted molar refractivity (Wildman–Crippen MR) is 75.4 cm³/mol. The number of aldehydes is 1. The van der Waals surface area contributed by atoms with E-state index >= 15 is 0 Å². The van der Waals surface area contributed by atoms with Crippen LogP contribution >= 0.6 is 0 Å². The maximum atomic E-state index is 12.1. The normalized spacial score (nSPS) is 18.8. The molecule has 2 heterocycles. The van der Waals surface area contributed by atoms with Gasteiger partial charge < -0.3 is 14.5 Å². The number of likely N-dealkylation sites (tertiary alicyclic amines) is 1. The van der Waals surface area contributed by atoms with E-state index in [1.807, 2.05) is 0 Å². The number of rotatable bonds is 4. The Kier molecular flexibility index (Phi) is 3.69. The van der Waals surface area contributed by atoms with Crippen LogP contribution in [-0.2, 0) is 4.79 Å². The molecule has 106 valence electrons. The van der Waals surface area contributed by atoms with Gasteiger partial charge in [-0.25, -0.2) is 0 Å². The lowest BCUT2D eigenvalue weighted by atomic mass is 10.1. The maximum absolute atomic E-state index is 12.1. The number of amides is 1. The minimum atomic E-state index is -0.0419. The molecule has 1 aromatic carbocycles. The van der Waals surface area contributed by atoms with E-state index < -0.39 is 0 Å². The third-order valence-electron chi connectivity index (χ3n) is 3.90. The first-order chi connectivity index (χ1) is 9.78. The molecule has 3 rings (SSSR count). The summed E-state index contributed by atoms with van der Waals surface area (Å²) < 4.78 is 5.42. The molecule has 2 aliphatic heterocycles. The maximum Gasteiger partial charge on any atom is 0.265 e. The van der Waals surface area contributed by atoms with E-state index in [-0.39, 0.29) is 12.5 Å². The highest BCUT2D eigenvalue weighted by molar-refractivity contribution is 5.98. The SMILES string of the molecule is O=Cc1ccc2c(c1)N(CCN1CCCC1)C(=O)CO2. The van der Waals surface area contributed by atoms with Crippen LogP contribution in [0.15, 0.2) is 18.2 Å². The Hall–Kier alpha value is -1.88. The smallest absolute Gasteiger partial charge is 0.265 e. The van der Waals surface area contributed by atoms with Gasteiger partial charge >= 0.3 is 0 Å². The Morgan fingerprint density at radius 1 is 1.20 bits per heavy atom. The molecule has 1 fully saturated rings. The Morgan fingerprint density at radius 3 is 2.75 bits per heavy atom. The summed E-state index contributed by atoms with van der Waals surface area (Å²) in [6.07, 6.45) is 3.27. The zero-order valence-corrected chi connectivity index (χ0v) is 11.4. The molecular formula is C15H18N2O3. The van der Waals surface area contributed by atoms with E-state index in [1.165, 1.54) is 12.8 Å². The Bertz CT molecular complexity index is 524. The number of hydrogen-bond acceptors (Lipinski definition) is 4. The minimum Gasteiger partial charge on any atom is -0.482 e. The topological polar surface area (TPSA) is 49.9 Å². The first kappa shape index (κ1) is 13.1. The highest BCUT2D eigenvalue weighted by atomic mass is 16.5. The Labute approximate surface area is 118 Å². The Morgan fingerprint density at radius 2 is 2.00 bits per heavy atom. The summed E-state index contributed by atoms with van der Waals surface area (Å²) in [6.45, 7) is 3.82. The van der Waals surface area contributed by atoms with Gasteiger partial charge in [-0.3, -0.25) is 9.59 Å². The van der Waals surface area contributed by atoms with Crippen molar-refractivity contribution >= 4 is 17.9 Å². The molecular weight excluding hydrogens is 256 g/mol. The highest BCUT2D eigenvalue weighted by Gasteiger charge is 2.26. The lowest BCUT2D eigenvalue weighted by molar-refractivity contribution is -0.121. The van der Waals surface area contributed by atoms with Crippen molar-refractivity contribution in [2.45, 2.75) is 12.8 Å². The molecule has 0 spiro atoms. The van der Waals surface area contributed by atoms with Crippen LogP contribution in [0.25, 0.3) is 0 Å². The molecule has 5 nitrogen and oxygen atoms in total. The van der Waals surface area contributed by atoms with Crippen LogP contribution in [0.3, 0.4) is 0 Å². The third-order valence-corrected chi connectivity index (χ3v) is 3.90. The number of anilines is 1. The quantitative estimate of drug-likeness (QED) is 0.777. The van der Waals surface area contributed by atoms with Gasteiger partial charge in [0.25, 0.3) is 5.91 Å². The van der Waals surface area contributed by atoms with Crippen molar-refractivity contribution in [3.05, 3.63) is 23.8 Å². The molecule has 0 N–H and O–H groups in total.